The molecule has 0 saturated carbocycles. The van der Waals surface area contributed by atoms with Gasteiger partial charge < -0.3 is 4.74 Å². The molecule has 4 rings (SSSR count). The summed E-state index contributed by atoms with van der Waals surface area (Å²) in [7, 11) is -1.77. The second kappa shape index (κ2) is 7.29. The highest BCUT2D eigenvalue weighted by Crippen LogP contribution is 2.35. The summed E-state index contributed by atoms with van der Waals surface area (Å²) >= 11 is 0. The number of halogens is 1. The number of ether oxygens (including phenoxy) is 1. The number of methoxy groups -OCH3 is 1. The Kier molecular flexibility index (Phi) is 4.80. The van der Waals surface area contributed by atoms with Crippen LogP contribution in [0.2, 0.25) is 0 Å². The molecule has 4 aromatic rings. The highest BCUT2D eigenvalue weighted by atomic mass is 32.2. The smallest absolute Gasteiger partial charge is 0.175 e. The average molecular weight is 407 g/mol. The lowest BCUT2D eigenvalue weighted by atomic mass is 9.96. The summed E-state index contributed by atoms with van der Waals surface area (Å²) in [4.78, 5) is 4.60. The van der Waals surface area contributed by atoms with Crippen molar-refractivity contribution < 1.29 is 17.5 Å². The monoisotopic (exact) mass is 407 g/mol. The molecule has 29 heavy (non-hydrogen) atoms. The molecule has 0 atom stereocenters. The van der Waals surface area contributed by atoms with Crippen molar-refractivity contribution in [3.63, 3.8) is 0 Å². The van der Waals surface area contributed by atoms with Crippen LogP contribution >= 0.6 is 0 Å². The first-order valence-electron chi connectivity index (χ1n) is 8.90. The molecule has 6 heteroatoms. The van der Waals surface area contributed by atoms with Crippen LogP contribution in [-0.4, -0.2) is 26.8 Å². The lowest BCUT2D eigenvalue weighted by Crippen LogP contribution is -1.97. The third-order valence-corrected chi connectivity index (χ3v) is 5.92. The minimum absolute atomic E-state index is 0.222. The summed E-state index contributed by atoms with van der Waals surface area (Å²) < 4.78 is 43.9. The maximum Gasteiger partial charge on any atom is 0.175 e. The van der Waals surface area contributed by atoms with Crippen LogP contribution in [0.5, 0.6) is 5.75 Å². The molecule has 0 N–H and O–H groups in total. The van der Waals surface area contributed by atoms with Gasteiger partial charge in [0.25, 0.3) is 0 Å². The van der Waals surface area contributed by atoms with E-state index in [1.807, 2.05) is 18.2 Å². The molecule has 0 fully saturated rings. The second-order valence-electron chi connectivity index (χ2n) is 6.71. The van der Waals surface area contributed by atoms with Crippen LogP contribution in [0.25, 0.3) is 33.2 Å². The van der Waals surface area contributed by atoms with Gasteiger partial charge >= 0.3 is 0 Å². The number of aromatic nitrogens is 1. The Morgan fingerprint density at radius 1 is 0.897 bits per heavy atom. The molecule has 1 heterocycles. The summed E-state index contributed by atoms with van der Waals surface area (Å²) in [6, 6.07) is 18.7. The first kappa shape index (κ1) is 19.1. The van der Waals surface area contributed by atoms with E-state index in [-0.39, 0.29) is 10.7 Å². The molecule has 4 nitrogen and oxygen atoms in total. The molecular weight excluding hydrogens is 389 g/mol. The largest absolute Gasteiger partial charge is 0.494 e. The Bertz CT molecular complexity index is 1330. The summed E-state index contributed by atoms with van der Waals surface area (Å²) in [5.41, 5.74) is 3.17. The Morgan fingerprint density at radius 2 is 1.66 bits per heavy atom. The number of hydrogen-bond acceptors (Lipinski definition) is 4. The molecule has 3 aromatic carbocycles. The van der Waals surface area contributed by atoms with Gasteiger partial charge in [-0.15, -0.1) is 0 Å². The zero-order chi connectivity index (χ0) is 20.6. The van der Waals surface area contributed by atoms with Gasteiger partial charge in [-0.25, -0.2) is 12.8 Å². The predicted molar refractivity (Wildman–Crippen MR) is 112 cm³/mol. The minimum atomic E-state index is -3.34. The van der Waals surface area contributed by atoms with Gasteiger partial charge in [0.1, 0.15) is 17.1 Å². The Labute approximate surface area is 168 Å². The van der Waals surface area contributed by atoms with Crippen molar-refractivity contribution in [1.29, 1.82) is 0 Å². The third-order valence-electron chi connectivity index (χ3n) is 4.81. The normalized spacial score (nSPS) is 11.6. The van der Waals surface area contributed by atoms with Crippen LogP contribution in [0, 0.1) is 5.82 Å². The van der Waals surface area contributed by atoms with E-state index >= 15 is 0 Å². The standard InChI is InChI=1S/C23H18FNO3S/c1-28-22-8-4-7-19-18(11-12-25-23(19)22)20-14-16(9-10-21(20)24)15-5-3-6-17(13-15)29(2,26)27/h3-14H,1-2H3. The van der Waals surface area contributed by atoms with Gasteiger partial charge in [-0.05, 0) is 53.1 Å². The van der Waals surface area contributed by atoms with E-state index in [4.69, 9.17) is 4.74 Å². The lowest BCUT2D eigenvalue weighted by Gasteiger charge is -2.12. The predicted octanol–water partition coefficient (Wildman–Crippen LogP) is 5.12. The SMILES string of the molecule is COc1cccc2c(-c3cc(-c4cccc(S(C)(=O)=O)c4)ccc3F)ccnc12. The first-order valence-corrected chi connectivity index (χ1v) is 10.8. The zero-order valence-corrected chi connectivity index (χ0v) is 16.7. The lowest BCUT2D eigenvalue weighted by molar-refractivity contribution is 0.419. The maximum absolute atomic E-state index is 14.8. The topological polar surface area (TPSA) is 56.3 Å². The number of pyridine rings is 1. The minimum Gasteiger partial charge on any atom is -0.494 e. The summed E-state index contributed by atoms with van der Waals surface area (Å²) in [6.45, 7) is 0. The maximum atomic E-state index is 14.8. The fourth-order valence-corrected chi connectivity index (χ4v) is 4.03. The number of benzene rings is 3. The molecular formula is C23H18FNO3S. The van der Waals surface area contributed by atoms with Gasteiger partial charge in [0, 0.05) is 23.4 Å². The van der Waals surface area contributed by atoms with Gasteiger partial charge in [-0.2, -0.15) is 0 Å². The summed E-state index contributed by atoms with van der Waals surface area (Å²) in [5, 5.41) is 0.771. The molecule has 0 aliphatic rings. The Balaban J connectivity index is 1.91. The molecule has 1 aromatic heterocycles. The van der Waals surface area contributed by atoms with Crippen molar-refractivity contribution >= 4 is 20.7 Å². The highest BCUT2D eigenvalue weighted by Gasteiger charge is 2.14. The van der Waals surface area contributed by atoms with Gasteiger partial charge in [0.2, 0.25) is 0 Å². The van der Waals surface area contributed by atoms with Crippen molar-refractivity contribution in [2.45, 2.75) is 4.90 Å². The molecule has 0 aliphatic carbocycles. The van der Waals surface area contributed by atoms with Crippen LogP contribution < -0.4 is 4.74 Å². The first-order chi connectivity index (χ1) is 13.9. The van der Waals surface area contributed by atoms with E-state index in [0.29, 0.717) is 28.0 Å². The number of nitrogens with zero attached hydrogens (tertiary/aromatic N) is 1. The van der Waals surface area contributed by atoms with E-state index in [2.05, 4.69) is 4.98 Å². The van der Waals surface area contributed by atoms with Gasteiger partial charge in [-0.1, -0.05) is 30.3 Å². The highest BCUT2D eigenvalue weighted by molar-refractivity contribution is 7.90. The van der Waals surface area contributed by atoms with E-state index < -0.39 is 9.84 Å². The van der Waals surface area contributed by atoms with Crippen LogP contribution in [0.4, 0.5) is 4.39 Å². The molecule has 0 bridgehead atoms. The van der Waals surface area contributed by atoms with Crippen molar-refractivity contribution in [2.75, 3.05) is 13.4 Å². The van der Waals surface area contributed by atoms with Crippen LogP contribution in [0.3, 0.4) is 0 Å². The van der Waals surface area contributed by atoms with Crippen LogP contribution in [0.1, 0.15) is 0 Å². The third kappa shape index (κ3) is 3.59. The Morgan fingerprint density at radius 3 is 2.41 bits per heavy atom. The number of sulfone groups is 1. The average Bonchev–Trinajstić information content (AvgIpc) is 2.73. The second-order valence-corrected chi connectivity index (χ2v) is 8.73. The van der Waals surface area contributed by atoms with Gasteiger partial charge in [-0.3, -0.25) is 4.98 Å². The number of hydrogen-bond donors (Lipinski definition) is 0. The molecule has 146 valence electrons. The van der Waals surface area contributed by atoms with Crippen LogP contribution in [-0.2, 0) is 9.84 Å². The van der Waals surface area contributed by atoms with Gasteiger partial charge in [0.15, 0.2) is 9.84 Å². The van der Waals surface area contributed by atoms with Crippen molar-refractivity contribution in [3.8, 4) is 28.0 Å². The fourth-order valence-electron chi connectivity index (χ4n) is 3.37. The zero-order valence-electron chi connectivity index (χ0n) is 15.9. The van der Waals surface area contributed by atoms with Crippen molar-refractivity contribution in [3.05, 3.63) is 78.7 Å². The molecule has 0 amide bonds. The van der Waals surface area contributed by atoms with E-state index in [0.717, 1.165) is 10.9 Å². The number of para-hydroxylation sites is 1. The summed E-state index contributed by atoms with van der Waals surface area (Å²) in [5.74, 6) is 0.241. The van der Waals surface area contributed by atoms with E-state index in [1.165, 1.54) is 12.3 Å². The molecule has 0 radical (unpaired) electrons. The number of rotatable bonds is 4. The van der Waals surface area contributed by atoms with Crippen molar-refractivity contribution in [2.24, 2.45) is 0 Å². The van der Waals surface area contributed by atoms with E-state index in [1.54, 1.807) is 55.8 Å². The fraction of sp³-hybridized carbons (Fsp3) is 0.0870. The number of fused-ring (bicyclic) bond motifs is 1. The summed E-state index contributed by atoms with van der Waals surface area (Å²) in [6.07, 6.45) is 2.79. The molecule has 0 aliphatic heterocycles. The van der Waals surface area contributed by atoms with E-state index in [9.17, 15) is 12.8 Å². The van der Waals surface area contributed by atoms with Crippen molar-refractivity contribution in [1.82, 2.24) is 4.98 Å². The van der Waals surface area contributed by atoms with Crippen LogP contribution in [0.15, 0.2) is 77.8 Å². The Hall–Kier alpha value is -3.25. The molecule has 0 saturated heterocycles. The quantitative estimate of drug-likeness (QED) is 0.471. The molecule has 0 spiro atoms. The van der Waals surface area contributed by atoms with Gasteiger partial charge in [0.05, 0.1) is 12.0 Å². The molecule has 0 unspecified atom stereocenters.